The van der Waals surface area contributed by atoms with Gasteiger partial charge in [-0.15, -0.1) is 0 Å². The Morgan fingerprint density at radius 3 is 2.48 bits per heavy atom. The molecule has 0 saturated carbocycles. The Labute approximate surface area is 136 Å². The number of nitrogens with zero attached hydrogens (tertiary/aromatic N) is 2. The van der Waals surface area contributed by atoms with Crippen molar-refractivity contribution in [2.24, 2.45) is 5.92 Å². The fraction of sp³-hybridized carbons (Fsp3) is 0.471. The summed E-state index contributed by atoms with van der Waals surface area (Å²) in [6, 6.07) is 7.95. The van der Waals surface area contributed by atoms with E-state index < -0.39 is 12.1 Å². The van der Waals surface area contributed by atoms with E-state index in [1.807, 2.05) is 6.07 Å². The maximum Gasteiger partial charge on any atom is 0.332 e. The molecular formula is C17H23N3O3. The Kier molecular flexibility index (Phi) is 5.36. The molecule has 0 aromatic heterocycles. The van der Waals surface area contributed by atoms with Crippen LogP contribution in [0.2, 0.25) is 0 Å². The molecule has 1 aliphatic rings. The highest BCUT2D eigenvalue weighted by molar-refractivity contribution is 6.15. The van der Waals surface area contributed by atoms with Crippen LogP contribution < -0.4 is 10.2 Å². The summed E-state index contributed by atoms with van der Waals surface area (Å²) in [6.45, 7) is 6.12. The molecule has 1 saturated heterocycles. The van der Waals surface area contributed by atoms with Crippen molar-refractivity contribution < 1.29 is 14.4 Å². The first-order chi connectivity index (χ1) is 10.9. The quantitative estimate of drug-likeness (QED) is 0.816. The number of carbonyl (C=O) groups excluding carboxylic acids is 3. The van der Waals surface area contributed by atoms with E-state index in [0.29, 0.717) is 18.2 Å². The second kappa shape index (κ2) is 7.26. The highest BCUT2D eigenvalue weighted by Gasteiger charge is 2.43. The minimum Gasteiger partial charge on any atom is -0.355 e. The molecule has 0 unspecified atom stereocenters. The number of carbonyl (C=O) groups is 3. The Hall–Kier alpha value is -2.37. The molecule has 1 aromatic rings. The molecule has 0 aliphatic carbocycles. The van der Waals surface area contributed by atoms with Crippen LogP contribution in [0.4, 0.5) is 10.5 Å². The number of hydrogen-bond donors (Lipinski definition) is 1. The lowest BCUT2D eigenvalue weighted by Gasteiger charge is -2.19. The van der Waals surface area contributed by atoms with Crippen molar-refractivity contribution in [1.29, 1.82) is 0 Å². The van der Waals surface area contributed by atoms with Crippen LogP contribution in [0.25, 0.3) is 0 Å². The Bertz CT molecular complexity index is 586. The summed E-state index contributed by atoms with van der Waals surface area (Å²) in [5, 5.41) is 2.75. The summed E-state index contributed by atoms with van der Waals surface area (Å²) >= 11 is 0. The van der Waals surface area contributed by atoms with Gasteiger partial charge >= 0.3 is 6.03 Å². The molecule has 23 heavy (non-hydrogen) atoms. The van der Waals surface area contributed by atoms with E-state index >= 15 is 0 Å². The zero-order chi connectivity index (χ0) is 17.0. The van der Waals surface area contributed by atoms with Crippen LogP contribution in [0, 0.1) is 5.92 Å². The van der Waals surface area contributed by atoms with E-state index in [9.17, 15) is 14.4 Å². The first kappa shape index (κ1) is 17.0. The van der Waals surface area contributed by atoms with Crippen molar-refractivity contribution in [2.45, 2.75) is 33.2 Å². The van der Waals surface area contributed by atoms with E-state index in [4.69, 9.17) is 0 Å². The zero-order valence-corrected chi connectivity index (χ0v) is 13.8. The van der Waals surface area contributed by atoms with E-state index in [0.717, 1.165) is 11.3 Å². The fourth-order valence-corrected chi connectivity index (χ4v) is 2.49. The molecule has 1 atom stereocenters. The molecule has 1 fully saturated rings. The number of anilines is 1. The molecule has 4 amide bonds. The van der Waals surface area contributed by atoms with Gasteiger partial charge in [0.2, 0.25) is 5.91 Å². The van der Waals surface area contributed by atoms with Crippen molar-refractivity contribution in [1.82, 2.24) is 10.2 Å². The summed E-state index contributed by atoms with van der Waals surface area (Å²) < 4.78 is 0. The minimum atomic E-state index is -0.603. The molecule has 6 nitrogen and oxygen atoms in total. The average Bonchev–Trinajstić information content (AvgIpc) is 2.71. The third-order valence-corrected chi connectivity index (χ3v) is 3.83. The Morgan fingerprint density at radius 1 is 1.22 bits per heavy atom. The van der Waals surface area contributed by atoms with Crippen LogP contribution >= 0.6 is 0 Å². The van der Waals surface area contributed by atoms with Crippen LogP contribution in [-0.4, -0.2) is 41.9 Å². The largest absolute Gasteiger partial charge is 0.355 e. The normalized spacial score (nSPS) is 18.0. The Morgan fingerprint density at radius 2 is 1.87 bits per heavy atom. The third kappa shape index (κ3) is 3.88. The lowest BCUT2D eigenvalue weighted by molar-refractivity contribution is -0.131. The van der Waals surface area contributed by atoms with Gasteiger partial charge in [-0.25, -0.2) is 4.79 Å². The number of urea groups is 1. The van der Waals surface area contributed by atoms with Gasteiger partial charge in [-0.1, -0.05) is 32.0 Å². The van der Waals surface area contributed by atoms with Gasteiger partial charge in [0.15, 0.2) is 0 Å². The van der Waals surface area contributed by atoms with Crippen molar-refractivity contribution >= 4 is 23.5 Å². The zero-order valence-electron chi connectivity index (χ0n) is 13.8. The standard InChI is InChI=1S/C17H23N3O3/c1-12(2)9-10-18-15(21)11-19-16(22)13(3)20(17(19)23)14-7-5-4-6-8-14/h4-8,12-13H,9-11H2,1-3H3,(H,18,21)/t13-/m1/s1. The molecule has 2 rings (SSSR count). The van der Waals surface area contributed by atoms with Crippen molar-refractivity contribution in [3.05, 3.63) is 30.3 Å². The van der Waals surface area contributed by atoms with Crippen molar-refractivity contribution in [3.8, 4) is 0 Å². The predicted molar refractivity (Wildman–Crippen MR) is 88.0 cm³/mol. The van der Waals surface area contributed by atoms with E-state index in [1.165, 1.54) is 4.90 Å². The molecule has 1 aliphatic heterocycles. The van der Waals surface area contributed by atoms with Gasteiger partial charge in [0.05, 0.1) is 0 Å². The van der Waals surface area contributed by atoms with E-state index in [2.05, 4.69) is 19.2 Å². The summed E-state index contributed by atoms with van der Waals surface area (Å²) in [7, 11) is 0. The number of hydrogen-bond acceptors (Lipinski definition) is 3. The number of benzene rings is 1. The van der Waals surface area contributed by atoms with Crippen LogP contribution in [0.3, 0.4) is 0 Å². The van der Waals surface area contributed by atoms with Crippen LogP contribution in [-0.2, 0) is 9.59 Å². The lowest BCUT2D eigenvalue weighted by atomic mass is 10.1. The lowest BCUT2D eigenvalue weighted by Crippen LogP contribution is -2.41. The third-order valence-electron chi connectivity index (χ3n) is 3.83. The Balaban J connectivity index is 2.02. The number of nitrogens with one attached hydrogen (secondary N) is 1. The SMILES string of the molecule is CC(C)CCNC(=O)CN1C(=O)[C@@H](C)N(c2ccccc2)C1=O. The summed E-state index contributed by atoms with van der Waals surface area (Å²) in [5.41, 5.74) is 0.654. The van der Waals surface area contributed by atoms with Gasteiger partial charge < -0.3 is 5.32 Å². The smallest absolute Gasteiger partial charge is 0.332 e. The molecule has 1 aromatic carbocycles. The van der Waals surface area contributed by atoms with Crippen molar-refractivity contribution in [3.63, 3.8) is 0 Å². The number of amides is 4. The molecule has 124 valence electrons. The molecule has 1 heterocycles. The molecule has 0 radical (unpaired) electrons. The number of imide groups is 1. The van der Waals surface area contributed by atoms with Crippen molar-refractivity contribution in [2.75, 3.05) is 18.0 Å². The summed E-state index contributed by atoms with van der Waals surface area (Å²) in [5.74, 6) is -0.175. The summed E-state index contributed by atoms with van der Waals surface area (Å²) in [4.78, 5) is 39.2. The minimum absolute atomic E-state index is 0.233. The maximum absolute atomic E-state index is 12.5. The van der Waals surface area contributed by atoms with Crippen LogP contribution in [0.1, 0.15) is 27.2 Å². The van der Waals surface area contributed by atoms with Gasteiger partial charge in [0, 0.05) is 12.2 Å². The summed E-state index contributed by atoms with van der Waals surface area (Å²) in [6.07, 6.45) is 0.861. The van der Waals surface area contributed by atoms with Gasteiger partial charge in [-0.3, -0.25) is 19.4 Å². The maximum atomic E-state index is 12.5. The number of rotatable bonds is 6. The molecule has 1 N–H and O–H groups in total. The van der Waals surface area contributed by atoms with Gasteiger partial charge in [0.25, 0.3) is 5.91 Å². The molecular weight excluding hydrogens is 294 g/mol. The second-order valence-corrected chi connectivity index (χ2v) is 6.12. The van der Waals surface area contributed by atoms with Gasteiger partial charge in [0.1, 0.15) is 12.6 Å². The van der Waals surface area contributed by atoms with Gasteiger partial charge in [-0.05, 0) is 31.4 Å². The predicted octanol–water partition coefficient (Wildman–Crippen LogP) is 2.01. The molecule has 0 bridgehead atoms. The highest BCUT2D eigenvalue weighted by atomic mass is 16.2. The monoisotopic (exact) mass is 317 g/mol. The topological polar surface area (TPSA) is 69.7 Å². The number of para-hydroxylation sites is 1. The molecule has 0 spiro atoms. The first-order valence-electron chi connectivity index (χ1n) is 7.88. The first-order valence-corrected chi connectivity index (χ1v) is 7.88. The van der Waals surface area contributed by atoms with E-state index in [1.54, 1.807) is 31.2 Å². The van der Waals surface area contributed by atoms with E-state index in [-0.39, 0.29) is 18.4 Å². The average molecular weight is 317 g/mol. The highest BCUT2D eigenvalue weighted by Crippen LogP contribution is 2.25. The van der Waals surface area contributed by atoms with Crippen LogP contribution in [0.15, 0.2) is 30.3 Å². The second-order valence-electron chi connectivity index (χ2n) is 6.12. The fourth-order valence-electron chi connectivity index (χ4n) is 2.49. The van der Waals surface area contributed by atoms with Gasteiger partial charge in [-0.2, -0.15) is 0 Å². The van der Waals surface area contributed by atoms with Crippen LogP contribution in [0.5, 0.6) is 0 Å². The molecule has 6 heteroatoms.